The van der Waals surface area contributed by atoms with Gasteiger partial charge in [-0.2, -0.15) is 0 Å². The minimum atomic E-state index is -3.62. The van der Waals surface area contributed by atoms with E-state index >= 15 is 0 Å². The SMILES string of the molecule is Cc1cc(C)nc(NS(=O)(=O)CCOc2ccc(F)cc2)n1. The molecule has 0 bridgehead atoms. The molecule has 0 atom stereocenters. The fourth-order valence-electron chi connectivity index (χ4n) is 1.76. The molecule has 1 aromatic heterocycles. The topological polar surface area (TPSA) is 81.2 Å². The van der Waals surface area contributed by atoms with Gasteiger partial charge in [-0.15, -0.1) is 0 Å². The van der Waals surface area contributed by atoms with Crippen LogP contribution in [0.2, 0.25) is 0 Å². The number of nitrogens with zero attached hydrogens (tertiary/aromatic N) is 2. The van der Waals surface area contributed by atoms with Gasteiger partial charge >= 0.3 is 0 Å². The van der Waals surface area contributed by atoms with Crippen molar-refractivity contribution in [2.45, 2.75) is 13.8 Å². The Balaban J connectivity index is 1.92. The maximum absolute atomic E-state index is 12.7. The fourth-order valence-corrected chi connectivity index (χ4v) is 2.54. The van der Waals surface area contributed by atoms with Crippen molar-refractivity contribution in [3.05, 3.63) is 47.5 Å². The average molecular weight is 325 g/mol. The van der Waals surface area contributed by atoms with Crippen molar-refractivity contribution in [2.75, 3.05) is 17.1 Å². The third-order valence-electron chi connectivity index (χ3n) is 2.66. The monoisotopic (exact) mass is 325 g/mol. The van der Waals surface area contributed by atoms with Crippen molar-refractivity contribution in [2.24, 2.45) is 0 Å². The highest BCUT2D eigenvalue weighted by Gasteiger charge is 2.13. The van der Waals surface area contributed by atoms with Gasteiger partial charge in [0.25, 0.3) is 0 Å². The summed E-state index contributed by atoms with van der Waals surface area (Å²) >= 11 is 0. The van der Waals surface area contributed by atoms with Gasteiger partial charge in [0.2, 0.25) is 16.0 Å². The molecule has 2 rings (SSSR count). The number of anilines is 1. The van der Waals surface area contributed by atoms with Gasteiger partial charge in [-0.1, -0.05) is 0 Å². The van der Waals surface area contributed by atoms with Crippen LogP contribution in [0.5, 0.6) is 5.75 Å². The normalized spacial score (nSPS) is 11.2. The van der Waals surface area contributed by atoms with Crippen LogP contribution >= 0.6 is 0 Å². The standard InChI is InChI=1S/C14H16FN3O3S/c1-10-9-11(2)17-14(16-10)18-22(19,20)8-7-21-13-5-3-12(15)4-6-13/h3-6,9H,7-8H2,1-2H3,(H,16,17,18). The molecule has 0 radical (unpaired) electrons. The molecule has 1 heterocycles. The number of benzene rings is 1. The molecule has 8 heteroatoms. The Morgan fingerprint density at radius 1 is 1.14 bits per heavy atom. The second-order valence-corrected chi connectivity index (χ2v) is 6.54. The maximum atomic E-state index is 12.7. The number of hydrogen-bond acceptors (Lipinski definition) is 5. The molecule has 0 amide bonds. The summed E-state index contributed by atoms with van der Waals surface area (Å²) in [5.74, 6) is -0.201. The van der Waals surface area contributed by atoms with Gasteiger partial charge in [0.05, 0.1) is 0 Å². The largest absolute Gasteiger partial charge is 0.492 e. The molecule has 0 aliphatic heterocycles. The lowest BCUT2D eigenvalue weighted by molar-refractivity contribution is 0.340. The van der Waals surface area contributed by atoms with E-state index in [9.17, 15) is 12.8 Å². The lowest BCUT2D eigenvalue weighted by Crippen LogP contribution is -2.22. The van der Waals surface area contributed by atoms with E-state index in [-0.39, 0.29) is 24.1 Å². The van der Waals surface area contributed by atoms with Crippen LogP contribution in [-0.4, -0.2) is 30.7 Å². The molecule has 0 unspecified atom stereocenters. The van der Waals surface area contributed by atoms with Crippen molar-refractivity contribution in [3.8, 4) is 5.75 Å². The zero-order valence-corrected chi connectivity index (χ0v) is 13.0. The molecule has 6 nitrogen and oxygen atoms in total. The van der Waals surface area contributed by atoms with Crippen LogP contribution in [0.3, 0.4) is 0 Å². The first kappa shape index (κ1) is 16.2. The number of rotatable bonds is 6. The van der Waals surface area contributed by atoms with Crippen LogP contribution in [0.1, 0.15) is 11.4 Å². The predicted molar refractivity (Wildman–Crippen MR) is 80.8 cm³/mol. The first-order valence-corrected chi connectivity index (χ1v) is 8.20. The summed E-state index contributed by atoms with van der Waals surface area (Å²) in [4.78, 5) is 8.02. The smallest absolute Gasteiger partial charge is 0.238 e. The van der Waals surface area contributed by atoms with Crippen molar-refractivity contribution in [3.63, 3.8) is 0 Å². The Kier molecular flexibility index (Phi) is 4.92. The lowest BCUT2D eigenvalue weighted by atomic mass is 10.3. The Labute approximate surface area is 128 Å². The van der Waals surface area contributed by atoms with E-state index in [1.165, 1.54) is 24.3 Å². The van der Waals surface area contributed by atoms with E-state index in [2.05, 4.69) is 14.7 Å². The fraction of sp³-hybridized carbons (Fsp3) is 0.286. The van der Waals surface area contributed by atoms with Crippen LogP contribution in [0.4, 0.5) is 10.3 Å². The van der Waals surface area contributed by atoms with Crippen LogP contribution in [0.25, 0.3) is 0 Å². The van der Waals surface area contributed by atoms with E-state index in [4.69, 9.17) is 4.74 Å². The molecule has 1 N–H and O–H groups in total. The zero-order valence-electron chi connectivity index (χ0n) is 12.2. The van der Waals surface area contributed by atoms with Crippen LogP contribution in [0, 0.1) is 19.7 Å². The highest BCUT2D eigenvalue weighted by atomic mass is 32.2. The molecule has 0 aliphatic rings. The van der Waals surface area contributed by atoms with Gasteiger partial charge in [0.1, 0.15) is 23.9 Å². The highest BCUT2D eigenvalue weighted by molar-refractivity contribution is 7.92. The molecular formula is C14H16FN3O3S. The first-order valence-electron chi connectivity index (χ1n) is 6.55. The lowest BCUT2D eigenvalue weighted by Gasteiger charge is -2.09. The van der Waals surface area contributed by atoms with Gasteiger partial charge in [0.15, 0.2) is 0 Å². The van der Waals surface area contributed by atoms with E-state index < -0.39 is 10.0 Å². The number of halogens is 1. The zero-order chi connectivity index (χ0) is 16.2. The molecular weight excluding hydrogens is 309 g/mol. The summed E-state index contributed by atoms with van der Waals surface area (Å²) in [5.41, 5.74) is 1.35. The number of aromatic nitrogens is 2. The Hall–Kier alpha value is -2.22. The third-order valence-corrected chi connectivity index (χ3v) is 3.86. The second-order valence-electron chi connectivity index (χ2n) is 4.70. The van der Waals surface area contributed by atoms with Crippen LogP contribution < -0.4 is 9.46 Å². The van der Waals surface area contributed by atoms with E-state index in [0.29, 0.717) is 17.1 Å². The molecule has 22 heavy (non-hydrogen) atoms. The minimum absolute atomic E-state index is 0.0410. The summed E-state index contributed by atoms with van der Waals surface area (Å²) < 4.78 is 44.2. The van der Waals surface area contributed by atoms with E-state index in [1.807, 2.05) is 0 Å². The van der Waals surface area contributed by atoms with Gasteiger partial charge in [-0.25, -0.2) is 22.8 Å². The van der Waals surface area contributed by atoms with Gasteiger partial charge in [-0.3, -0.25) is 4.72 Å². The number of sulfonamides is 1. The summed E-state index contributed by atoms with van der Waals surface area (Å²) in [6, 6.07) is 7.09. The molecule has 2 aromatic rings. The third kappa shape index (κ3) is 4.96. The Morgan fingerprint density at radius 2 is 1.73 bits per heavy atom. The molecule has 0 aliphatic carbocycles. The molecule has 0 fully saturated rings. The summed E-state index contributed by atoms with van der Waals surface area (Å²) in [6.45, 7) is 3.44. The summed E-state index contributed by atoms with van der Waals surface area (Å²) in [7, 11) is -3.62. The average Bonchev–Trinajstić information content (AvgIpc) is 2.39. The van der Waals surface area contributed by atoms with Gasteiger partial charge < -0.3 is 4.74 Å². The van der Waals surface area contributed by atoms with Crippen LogP contribution in [-0.2, 0) is 10.0 Å². The molecule has 0 spiro atoms. The van der Waals surface area contributed by atoms with E-state index in [1.54, 1.807) is 19.9 Å². The summed E-state index contributed by atoms with van der Waals surface area (Å²) in [5, 5.41) is 0. The molecule has 0 saturated carbocycles. The van der Waals surface area contributed by atoms with Crippen LogP contribution in [0.15, 0.2) is 30.3 Å². The number of aryl methyl sites for hydroxylation is 2. The number of ether oxygens (including phenoxy) is 1. The Bertz CT molecular complexity index is 728. The molecule has 0 saturated heterocycles. The van der Waals surface area contributed by atoms with Crippen molar-refractivity contribution < 1.29 is 17.5 Å². The molecule has 118 valence electrons. The minimum Gasteiger partial charge on any atom is -0.492 e. The number of nitrogens with one attached hydrogen (secondary N) is 1. The van der Waals surface area contributed by atoms with Crippen molar-refractivity contribution in [1.29, 1.82) is 0 Å². The summed E-state index contributed by atoms with van der Waals surface area (Å²) in [6.07, 6.45) is 0. The molecule has 1 aromatic carbocycles. The second kappa shape index (κ2) is 6.69. The maximum Gasteiger partial charge on any atom is 0.238 e. The highest BCUT2D eigenvalue weighted by Crippen LogP contribution is 2.11. The Morgan fingerprint density at radius 3 is 2.32 bits per heavy atom. The predicted octanol–water partition coefficient (Wildman–Crippen LogP) is 2.05. The van der Waals surface area contributed by atoms with Gasteiger partial charge in [-0.05, 0) is 44.2 Å². The van der Waals surface area contributed by atoms with E-state index in [0.717, 1.165) is 0 Å². The van der Waals surface area contributed by atoms with Crippen molar-refractivity contribution >= 4 is 16.0 Å². The van der Waals surface area contributed by atoms with Gasteiger partial charge in [0, 0.05) is 11.4 Å². The van der Waals surface area contributed by atoms with Crippen molar-refractivity contribution in [1.82, 2.24) is 9.97 Å². The quantitative estimate of drug-likeness (QED) is 0.879. The number of hydrogen-bond donors (Lipinski definition) is 1. The first-order chi connectivity index (χ1) is 10.3.